The molecule has 0 radical (unpaired) electrons. The Morgan fingerprint density at radius 2 is 2.00 bits per heavy atom. The molecule has 6 nitrogen and oxygen atoms in total. The van der Waals surface area contributed by atoms with Crippen LogP contribution >= 0.6 is 22.7 Å². The normalized spacial score (nSPS) is 16.4. The fourth-order valence-electron chi connectivity index (χ4n) is 3.40. The van der Waals surface area contributed by atoms with Crippen molar-refractivity contribution in [1.29, 1.82) is 0 Å². The molecular formula is C21H21N3O3S2. The van der Waals surface area contributed by atoms with Gasteiger partial charge >= 0.3 is 0 Å². The summed E-state index contributed by atoms with van der Waals surface area (Å²) in [6, 6.07) is 10.8. The van der Waals surface area contributed by atoms with Crippen molar-refractivity contribution >= 4 is 39.6 Å². The zero-order valence-electron chi connectivity index (χ0n) is 16.0. The molecule has 29 heavy (non-hydrogen) atoms. The largest absolute Gasteiger partial charge is 0.497 e. The summed E-state index contributed by atoms with van der Waals surface area (Å²) in [5.41, 5.74) is 1.75. The molecule has 1 unspecified atom stereocenters. The van der Waals surface area contributed by atoms with E-state index in [1.54, 1.807) is 18.1 Å². The predicted molar refractivity (Wildman–Crippen MR) is 116 cm³/mol. The topological polar surface area (TPSA) is 71.5 Å². The summed E-state index contributed by atoms with van der Waals surface area (Å²) in [4.78, 5) is 32.6. The first-order valence-corrected chi connectivity index (χ1v) is 11.2. The summed E-state index contributed by atoms with van der Waals surface area (Å²) in [6.45, 7) is 0.601. The number of aromatic nitrogens is 1. The minimum atomic E-state index is -0.466. The van der Waals surface area contributed by atoms with E-state index in [4.69, 9.17) is 4.74 Å². The van der Waals surface area contributed by atoms with Gasteiger partial charge in [-0.25, -0.2) is 4.98 Å². The van der Waals surface area contributed by atoms with Gasteiger partial charge in [0.2, 0.25) is 5.91 Å². The third-order valence-corrected chi connectivity index (χ3v) is 6.53. The molecule has 0 bridgehead atoms. The molecule has 1 atom stereocenters. The number of piperidine rings is 1. The second-order valence-electron chi connectivity index (χ2n) is 6.74. The van der Waals surface area contributed by atoms with E-state index in [0.717, 1.165) is 29.8 Å². The highest BCUT2D eigenvalue weighted by atomic mass is 32.1. The number of likely N-dealkylation sites (tertiary alicyclic amines) is 1. The number of benzene rings is 1. The molecule has 0 spiro atoms. The molecule has 1 fully saturated rings. The number of carbonyl (C=O) groups excluding carboxylic acids is 2. The van der Waals surface area contributed by atoms with Gasteiger partial charge in [0.1, 0.15) is 11.8 Å². The van der Waals surface area contributed by atoms with Crippen LogP contribution in [0.5, 0.6) is 5.75 Å². The van der Waals surface area contributed by atoms with E-state index in [9.17, 15) is 9.59 Å². The first-order valence-electron chi connectivity index (χ1n) is 9.41. The number of thiophene rings is 1. The number of hydrogen-bond donors (Lipinski definition) is 1. The van der Waals surface area contributed by atoms with E-state index >= 15 is 0 Å². The molecule has 1 N–H and O–H groups in total. The molecule has 1 aliphatic heterocycles. The molecule has 8 heteroatoms. The summed E-state index contributed by atoms with van der Waals surface area (Å²) in [7, 11) is 1.63. The van der Waals surface area contributed by atoms with Crippen molar-refractivity contribution in [2.75, 3.05) is 19.0 Å². The molecule has 150 valence electrons. The van der Waals surface area contributed by atoms with Crippen LogP contribution in [0.2, 0.25) is 0 Å². The zero-order chi connectivity index (χ0) is 20.2. The summed E-state index contributed by atoms with van der Waals surface area (Å²) in [5, 5.41) is 7.23. The maximum Gasteiger partial charge on any atom is 0.264 e. The summed E-state index contributed by atoms with van der Waals surface area (Å²) >= 11 is 2.78. The van der Waals surface area contributed by atoms with Gasteiger partial charge in [-0.15, -0.1) is 22.7 Å². The molecule has 3 heterocycles. The van der Waals surface area contributed by atoms with Crippen LogP contribution in [0.15, 0.2) is 47.2 Å². The van der Waals surface area contributed by atoms with Crippen LogP contribution in [0.4, 0.5) is 5.13 Å². The second kappa shape index (κ2) is 8.75. The number of thiazole rings is 1. The standard InChI is InChI=1S/C21H21N3O3S2/c1-27-15-9-7-14(8-10-15)16-13-29-21(22-16)23-19(25)17-5-2-3-11-24(17)20(26)18-6-4-12-28-18/h4,6-10,12-13,17H,2-3,5,11H2,1H3,(H,22,23,25). The molecule has 0 aliphatic carbocycles. The Kier molecular flexibility index (Phi) is 5.92. The average molecular weight is 428 g/mol. The average Bonchev–Trinajstić information content (AvgIpc) is 3.46. The number of amides is 2. The lowest BCUT2D eigenvalue weighted by molar-refractivity contribution is -0.121. The number of carbonyl (C=O) groups is 2. The van der Waals surface area contributed by atoms with Gasteiger partial charge in [0, 0.05) is 17.5 Å². The van der Waals surface area contributed by atoms with Gasteiger partial charge < -0.3 is 15.0 Å². The zero-order valence-corrected chi connectivity index (χ0v) is 17.6. The molecule has 1 aromatic carbocycles. The molecular weight excluding hydrogens is 406 g/mol. The fraction of sp³-hybridized carbons (Fsp3) is 0.286. The van der Waals surface area contributed by atoms with Crippen LogP contribution in [0.1, 0.15) is 28.9 Å². The Hall–Kier alpha value is -2.71. The van der Waals surface area contributed by atoms with Crippen molar-refractivity contribution in [3.63, 3.8) is 0 Å². The Morgan fingerprint density at radius 3 is 2.72 bits per heavy atom. The Labute approximate surface area is 177 Å². The number of ether oxygens (including phenoxy) is 1. The monoisotopic (exact) mass is 427 g/mol. The lowest BCUT2D eigenvalue weighted by atomic mass is 10.0. The van der Waals surface area contributed by atoms with E-state index in [2.05, 4.69) is 10.3 Å². The predicted octanol–water partition coefficient (Wildman–Crippen LogP) is 4.51. The summed E-state index contributed by atoms with van der Waals surface area (Å²) in [5.74, 6) is 0.536. The molecule has 1 saturated heterocycles. The highest BCUT2D eigenvalue weighted by molar-refractivity contribution is 7.14. The minimum Gasteiger partial charge on any atom is -0.497 e. The SMILES string of the molecule is COc1ccc(-c2csc(NC(=O)C3CCCCN3C(=O)c3cccs3)n2)cc1. The van der Waals surface area contributed by atoms with Crippen LogP contribution in [0, 0.1) is 0 Å². The van der Waals surface area contributed by atoms with Crippen LogP contribution in [-0.4, -0.2) is 41.4 Å². The number of anilines is 1. The minimum absolute atomic E-state index is 0.0714. The van der Waals surface area contributed by atoms with Gasteiger partial charge in [-0.1, -0.05) is 6.07 Å². The van der Waals surface area contributed by atoms with Gasteiger partial charge in [-0.3, -0.25) is 9.59 Å². The lowest BCUT2D eigenvalue weighted by Gasteiger charge is -2.34. The highest BCUT2D eigenvalue weighted by Crippen LogP contribution is 2.28. The summed E-state index contributed by atoms with van der Waals surface area (Å²) in [6.07, 6.45) is 2.51. The van der Waals surface area contributed by atoms with E-state index in [-0.39, 0.29) is 11.8 Å². The summed E-state index contributed by atoms with van der Waals surface area (Å²) < 4.78 is 5.18. The van der Waals surface area contributed by atoms with Gasteiger partial charge in [-0.05, 0) is 55.0 Å². The highest BCUT2D eigenvalue weighted by Gasteiger charge is 2.33. The Bertz CT molecular complexity index is 983. The maximum atomic E-state index is 12.9. The number of nitrogens with zero attached hydrogens (tertiary/aromatic N) is 2. The second-order valence-corrected chi connectivity index (χ2v) is 8.55. The van der Waals surface area contributed by atoms with Crippen LogP contribution < -0.4 is 10.1 Å². The van der Waals surface area contributed by atoms with Crippen molar-refractivity contribution in [2.45, 2.75) is 25.3 Å². The van der Waals surface area contributed by atoms with Crippen molar-refractivity contribution in [3.8, 4) is 17.0 Å². The van der Waals surface area contributed by atoms with Gasteiger partial charge in [0.25, 0.3) is 5.91 Å². The first kappa shape index (κ1) is 19.6. The maximum absolute atomic E-state index is 12.9. The van der Waals surface area contributed by atoms with Crippen molar-refractivity contribution in [3.05, 3.63) is 52.0 Å². The number of methoxy groups -OCH3 is 1. The van der Waals surface area contributed by atoms with Crippen LogP contribution in [0.3, 0.4) is 0 Å². The quantitative estimate of drug-likeness (QED) is 0.650. The van der Waals surface area contributed by atoms with Crippen LogP contribution in [0.25, 0.3) is 11.3 Å². The van der Waals surface area contributed by atoms with Gasteiger partial charge in [0.05, 0.1) is 17.7 Å². The molecule has 3 aromatic rings. The van der Waals surface area contributed by atoms with E-state index in [1.165, 1.54) is 22.7 Å². The van der Waals surface area contributed by atoms with E-state index < -0.39 is 6.04 Å². The molecule has 1 aliphatic rings. The van der Waals surface area contributed by atoms with Gasteiger partial charge in [-0.2, -0.15) is 0 Å². The Balaban J connectivity index is 1.46. The van der Waals surface area contributed by atoms with Crippen molar-refractivity contribution in [1.82, 2.24) is 9.88 Å². The third-order valence-electron chi connectivity index (χ3n) is 4.92. The first-order chi connectivity index (χ1) is 14.2. The lowest BCUT2D eigenvalue weighted by Crippen LogP contribution is -2.49. The van der Waals surface area contributed by atoms with Crippen molar-refractivity contribution < 1.29 is 14.3 Å². The number of hydrogen-bond acceptors (Lipinski definition) is 6. The number of nitrogens with one attached hydrogen (secondary N) is 1. The fourth-order valence-corrected chi connectivity index (χ4v) is 4.80. The Morgan fingerprint density at radius 1 is 1.17 bits per heavy atom. The van der Waals surface area contributed by atoms with E-state index in [1.807, 2.05) is 41.1 Å². The molecule has 0 saturated carbocycles. The van der Waals surface area contributed by atoms with E-state index in [0.29, 0.717) is 23.0 Å². The molecule has 2 amide bonds. The van der Waals surface area contributed by atoms with Gasteiger partial charge in [0.15, 0.2) is 5.13 Å². The molecule has 2 aromatic heterocycles. The number of rotatable bonds is 5. The molecule has 4 rings (SSSR count). The van der Waals surface area contributed by atoms with Crippen LogP contribution in [-0.2, 0) is 4.79 Å². The third kappa shape index (κ3) is 4.33. The smallest absolute Gasteiger partial charge is 0.264 e. The van der Waals surface area contributed by atoms with Crippen molar-refractivity contribution in [2.24, 2.45) is 0 Å².